The Kier molecular flexibility index (Phi) is 6.14. The van der Waals surface area contributed by atoms with Crippen LogP contribution >= 0.6 is 0 Å². The standard InChI is InChI=1S/C25H30N4O4/c1-15-22(29(28-23(15)33-5)16-11-7-6-8-12-16)27-24(31)26-19-17-13-9-10-14-18(17)25(2,3)21(32-4)20(19)30/h6-14,19-21,30H,1-5H3,(H2,26,27,31)/t19-,20+,21+/m1/s1. The molecule has 174 valence electrons. The first kappa shape index (κ1) is 22.8. The van der Waals surface area contributed by atoms with Crippen molar-refractivity contribution in [2.45, 2.75) is 44.4 Å². The van der Waals surface area contributed by atoms with Gasteiger partial charge in [0.25, 0.3) is 0 Å². The predicted octanol–water partition coefficient (Wildman–Crippen LogP) is 3.72. The van der Waals surface area contributed by atoms with Crippen LogP contribution in [0.5, 0.6) is 5.88 Å². The summed E-state index contributed by atoms with van der Waals surface area (Å²) in [4.78, 5) is 13.2. The number of nitrogens with one attached hydrogen (secondary N) is 2. The number of carbonyl (C=O) groups excluding carboxylic acids is 1. The first-order chi connectivity index (χ1) is 15.8. The molecule has 8 nitrogen and oxygen atoms in total. The highest BCUT2D eigenvalue weighted by Gasteiger charge is 2.47. The second-order valence-corrected chi connectivity index (χ2v) is 8.76. The molecule has 0 saturated carbocycles. The lowest BCUT2D eigenvalue weighted by atomic mass is 9.67. The molecule has 3 atom stereocenters. The third kappa shape index (κ3) is 3.96. The maximum atomic E-state index is 13.2. The summed E-state index contributed by atoms with van der Waals surface area (Å²) in [6.45, 7) is 5.90. The number of para-hydroxylation sites is 1. The number of hydrogen-bond acceptors (Lipinski definition) is 5. The highest BCUT2D eigenvalue weighted by molar-refractivity contribution is 5.90. The molecule has 1 aliphatic carbocycles. The molecule has 0 fully saturated rings. The average Bonchev–Trinajstić information content (AvgIpc) is 3.12. The molecular formula is C25H30N4O4. The van der Waals surface area contributed by atoms with Crippen molar-refractivity contribution in [2.24, 2.45) is 0 Å². The molecule has 1 aromatic heterocycles. The molecule has 4 rings (SSSR count). The van der Waals surface area contributed by atoms with Crippen molar-refractivity contribution >= 4 is 11.8 Å². The van der Waals surface area contributed by atoms with Crippen molar-refractivity contribution in [2.75, 3.05) is 19.5 Å². The molecule has 1 heterocycles. The Morgan fingerprint density at radius 3 is 2.42 bits per heavy atom. The third-order valence-electron chi connectivity index (χ3n) is 6.40. The second-order valence-electron chi connectivity index (χ2n) is 8.76. The fourth-order valence-corrected chi connectivity index (χ4v) is 4.75. The van der Waals surface area contributed by atoms with Crippen molar-refractivity contribution in [1.29, 1.82) is 0 Å². The zero-order valence-corrected chi connectivity index (χ0v) is 19.5. The Hall–Kier alpha value is -3.36. The normalized spacial score (nSPS) is 21.2. The van der Waals surface area contributed by atoms with Crippen molar-refractivity contribution in [3.63, 3.8) is 0 Å². The fourth-order valence-electron chi connectivity index (χ4n) is 4.75. The number of fused-ring (bicyclic) bond motifs is 1. The van der Waals surface area contributed by atoms with Crippen LogP contribution in [0.3, 0.4) is 0 Å². The van der Waals surface area contributed by atoms with E-state index in [1.165, 1.54) is 7.11 Å². The number of amides is 2. The van der Waals surface area contributed by atoms with E-state index in [4.69, 9.17) is 9.47 Å². The number of benzene rings is 2. The molecule has 0 aliphatic heterocycles. The number of rotatable bonds is 5. The quantitative estimate of drug-likeness (QED) is 0.550. The first-order valence-electron chi connectivity index (χ1n) is 10.9. The second kappa shape index (κ2) is 8.88. The largest absolute Gasteiger partial charge is 0.480 e. The maximum Gasteiger partial charge on any atom is 0.320 e. The van der Waals surface area contributed by atoms with E-state index in [-0.39, 0.29) is 0 Å². The van der Waals surface area contributed by atoms with Crippen LogP contribution in [-0.4, -0.2) is 47.3 Å². The number of aliphatic hydroxyl groups is 1. The Morgan fingerprint density at radius 1 is 1.09 bits per heavy atom. The number of methoxy groups -OCH3 is 2. The van der Waals surface area contributed by atoms with Crippen molar-refractivity contribution < 1.29 is 19.4 Å². The van der Waals surface area contributed by atoms with Crippen LogP contribution in [0.1, 0.15) is 36.6 Å². The molecule has 1 aliphatic rings. The van der Waals surface area contributed by atoms with Gasteiger partial charge < -0.3 is 19.9 Å². The molecular weight excluding hydrogens is 420 g/mol. The zero-order valence-electron chi connectivity index (χ0n) is 19.5. The number of ether oxygens (including phenoxy) is 2. The summed E-state index contributed by atoms with van der Waals surface area (Å²) in [6, 6.07) is 16.2. The van der Waals surface area contributed by atoms with Crippen LogP contribution in [0.2, 0.25) is 0 Å². The van der Waals surface area contributed by atoms with E-state index in [1.54, 1.807) is 11.8 Å². The topological polar surface area (TPSA) is 97.6 Å². The highest BCUT2D eigenvalue weighted by Crippen LogP contribution is 2.43. The molecule has 0 spiro atoms. The maximum absolute atomic E-state index is 13.2. The first-order valence-corrected chi connectivity index (χ1v) is 10.9. The SMILES string of the molecule is COc1nn(-c2ccccc2)c(NC(=O)N[C@@H]2c3ccccc3C(C)(C)[C@@H](OC)[C@H]2O)c1C. The van der Waals surface area contributed by atoms with E-state index in [2.05, 4.69) is 15.7 Å². The van der Waals surface area contributed by atoms with Gasteiger partial charge in [-0.25, -0.2) is 9.48 Å². The van der Waals surface area contributed by atoms with Crippen LogP contribution in [0, 0.1) is 6.92 Å². The zero-order chi connectivity index (χ0) is 23.8. The van der Waals surface area contributed by atoms with Gasteiger partial charge >= 0.3 is 6.03 Å². The van der Waals surface area contributed by atoms with Gasteiger partial charge in [0, 0.05) is 12.5 Å². The minimum atomic E-state index is -0.930. The summed E-state index contributed by atoms with van der Waals surface area (Å²) in [5, 5.41) is 21.5. The van der Waals surface area contributed by atoms with Gasteiger partial charge in [-0.05, 0) is 30.2 Å². The van der Waals surface area contributed by atoms with E-state index < -0.39 is 29.7 Å². The molecule has 0 radical (unpaired) electrons. The van der Waals surface area contributed by atoms with Gasteiger partial charge in [-0.15, -0.1) is 5.10 Å². The summed E-state index contributed by atoms with van der Waals surface area (Å²) in [6.07, 6.45) is -1.42. The smallest absolute Gasteiger partial charge is 0.320 e. The van der Waals surface area contributed by atoms with E-state index in [0.717, 1.165) is 16.8 Å². The monoisotopic (exact) mass is 450 g/mol. The Balaban J connectivity index is 1.65. The minimum Gasteiger partial charge on any atom is -0.480 e. The Morgan fingerprint density at radius 2 is 1.76 bits per heavy atom. The van der Waals surface area contributed by atoms with Crippen molar-refractivity contribution in [3.8, 4) is 11.6 Å². The van der Waals surface area contributed by atoms with Crippen LogP contribution in [0.15, 0.2) is 54.6 Å². The number of hydrogen-bond donors (Lipinski definition) is 3. The van der Waals surface area contributed by atoms with Gasteiger partial charge in [-0.2, -0.15) is 0 Å². The summed E-state index contributed by atoms with van der Waals surface area (Å²) < 4.78 is 12.7. The summed E-state index contributed by atoms with van der Waals surface area (Å²) >= 11 is 0. The molecule has 33 heavy (non-hydrogen) atoms. The Labute approximate surface area is 193 Å². The summed E-state index contributed by atoms with van der Waals surface area (Å²) in [7, 11) is 3.12. The number of aromatic nitrogens is 2. The molecule has 2 amide bonds. The van der Waals surface area contributed by atoms with Crippen molar-refractivity contribution in [1.82, 2.24) is 15.1 Å². The molecule has 8 heteroatoms. The Bertz CT molecular complexity index is 1140. The summed E-state index contributed by atoms with van der Waals surface area (Å²) in [5.41, 5.74) is 2.94. The number of aliphatic hydroxyl groups excluding tert-OH is 1. The lowest BCUT2D eigenvalue weighted by Gasteiger charge is -2.46. The third-order valence-corrected chi connectivity index (χ3v) is 6.40. The lowest BCUT2D eigenvalue weighted by Crippen LogP contribution is -2.55. The van der Waals surface area contributed by atoms with Gasteiger partial charge in [0.2, 0.25) is 5.88 Å². The van der Waals surface area contributed by atoms with E-state index in [0.29, 0.717) is 17.3 Å². The van der Waals surface area contributed by atoms with Gasteiger partial charge in [-0.3, -0.25) is 5.32 Å². The van der Waals surface area contributed by atoms with Gasteiger partial charge in [0.1, 0.15) is 11.9 Å². The van der Waals surface area contributed by atoms with Crippen LogP contribution in [-0.2, 0) is 10.2 Å². The molecule has 3 N–H and O–H groups in total. The minimum absolute atomic E-state index is 0.415. The van der Waals surface area contributed by atoms with Gasteiger partial charge in [0.15, 0.2) is 0 Å². The average molecular weight is 451 g/mol. The predicted molar refractivity (Wildman–Crippen MR) is 126 cm³/mol. The molecule has 2 aromatic carbocycles. The van der Waals surface area contributed by atoms with E-state index >= 15 is 0 Å². The summed E-state index contributed by atoms with van der Waals surface area (Å²) in [5.74, 6) is 0.899. The molecule has 0 unspecified atom stereocenters. The highest BCUT2D eigenvalue weighted by atomic mass is 16.5. The molecule has 0 saturated heterocycles. The molecule has 0 bridgehead atoms. The number of nitrogens with zero attached hydrogens (tertiary/aromatic N) is 2. The van der Waals surface area contributed by atoms with Crippen LogP contribution < -0.4 is 15.4 Å². The van der Waals surface area contributed by atoms with Gasteiger partial charge in [0.05, 0.1) is 30.5 Å². The fraction of sp³-hybridized carbons (Fsp3) is 0.360. The number of carbonyl (C=O) groups is 1. The number of anilines is 1. The van der Waals surface area contributed by atoms with Crippen LogP contribution in [0.25, 0.3) is 5.69 Å². The van der Waals surface area contributed by atoms with E-state index in [1.807, 2.05) is 75.4 Å². The molecule has 3 aromatic rings. The van der Waals surface area contributed by atoms with Gasteiger partial charge in [-0.1, -0.05) is 56.3 Å². The van der Waals surface area contributed by atoms with Crippen LogP contribution in [0.4, 0.5) is 10.6 Å². The van der Waals surface area contributed by atoms with E-state index in [9.17, 15) is 9.90 Å². The number of urea groups is 1. The lowest BCUT2D eigenvalue weighted by molar-refractivity contribution is -0.0730. The van der Waals surface area contributed by atoms with Crippen molar-refractivity contribution in [3.05, 3.63) is 71.3 Å².